The lowest BCUT2D eigenvalue weighted by Gasteiger charge is -2.22. The van der Waals surface area contributed by atoms with Crippen LogP contribution in [0.5, 0.6) is 5.75 Å². The Morgan fingerprint density at radius 2 is 2.05 bits per heavy atom. The summed E-state index contributed by atoms with van der Waals surface area (Å²) >= 11 is 1.79. The second-order valence-electron chi connectivity index (χ2n) is 5.01. The molecule has 0 saturated carbocycles. The molecule has 1 heterocycles. The summed E-state index contributed by atoms with van der Waals surface area (Å²) in [6.07, 6.45) is 1.02. The molecule has 1 aromatic carbocycles. The molecule has 0 bridgehead atoms. The largest absolute Gasteiger partial charge is 0.497 e. The number of aliphatic imine (C=N–C) groups is 1. The lowest BCUT2D eigenvalue weighted by atomic mass is 10.2. The van der Waals surface area contributed by atoms with E-state index >= 15 is 0 Å². The monoisotopic (exact) mass is 317 g/mol. The summed E-state index contributed by atoms with van der Waals surface area (Å²) in [4.78, 5) is 7.86. The molecule has 1 aromatic heterocycles. The minimum Gasteiger partial charge on any atom is -0.497 e. The van der Waals surface area contributed by atoms with Crippen molar-refractivity contribution in [3.05, 3.63) is 52.2 Å². The number of guanidine groups is 1. The van der Waals surface area contributed by atoms with E-state index in [1.165, 1.54) is 10.4 Å². The van der Waals surface area contributed by atoms with Gasteiger partial charge in [0.2, 0.25) is 0 Å². The van der Waals surface area contributed by atoms with Crippen LogP contribution in [0.2, 0.25) is 0 Å². The topological polar surface area (TPSA) is 36.9 Å². The van der Waals surface area contributed by atoms with E-state index in [0.29, 0.717) is 0 Å². The van der Waals surface area contributed by atoms with Gasteiger partial charge in [-0.25, -0.2) is 0 Å². The number of nitrogens with zero attached hydrogens (tertiary/aromatic N) is 2. The first-order valence-corrected chi connectivity index (χ1v) is 8.18. The highest BCUT2D eigenvalue weighted by atomic mass is 32.1. The first kappa shape index (κ1) is 16.4. The quantitative estimate of drug-likeness (QED) is 0.657. The van der Waals surface area contributed by atoms with Gasteiger partial charge in [-0.1, -0.05) is 18.2 Å². The van der Waals surface area contributed by atoms with Crippen LogP contribution in [0.4, 0.5) is 0 Å². The molecule has 1 N–H and O–H groups in total. The molecule has 0 spiro atoms. The van der Waals surface area contributed by atoms with Crippen molar-refractivity contribution in [1.29, 1.82) is 0 Å². The van der Waals surface area contributed by atoms with Crippen LogP contribution in [0, 0.1) is 0 Å². The highest BCUT2D eigenvalue weighted by Gasteiger charge is 2.06. The molecule has 0 aliphatic heterocycles. The average Bonchev–Trinajstić information content (AvgIpc) is 3.05. The predicted octanol–water partition coefficient (Wildman–Crippen LogP) is 3.01. The Hall–Kier alpha value is -2.01. The normalized spacial score (nSPS) is 11.3. The number of thiophene rings is 1. The number of hydrogen-bond donors (Lipinski definition) is 1. The van der Waals surface area contributed by atoms with E-state index in [1.54, 1.807) is 18.4 Å². The Morgan fingerprint density at radius 1 is 1.27 bits per heavy atom. The second-order valence-corrected chi connectivity index (χ2v) is 6.04. The Balaban J connectivity index is 1.83. The summed E-state index contributed by atoms with van der Waals surface area (Å²) in [5, 5.41) is 5.52. The third-order valence-electron chi connectivity index (χ3n) is 3.39. The van der Waals surface area contributed by atoms with Crippen molar-refractivity contribution >= 4 is 17.3 Å². The van der Waals surface area contributed by atoms with Gasteiger partial charge in [-0.15, -0.1) is 11.3 Å². The van der Waals surface area contributed by atoms with Crippen LogP contribution in [0.15, 0.2) is 46.8 Å². The van der Waals surface area contributed by atoms with Gasteiger partial charge in [-0.2, -0.15) is 0 Å². The van der Waals surface area contributed by atoms with Crippen molar-refractivity contribution in [3.63, 3.8) is 0 Å². The molecule has 4 nitrogen and oxygen atoms in total. The maximum absolute atomic E-state index is 5.18. The van der Waals surface area contributed by atoms with E-state index in [0.717, 1.165) is 31.2 Å². The fraction of sp³-hybridized carbons (Fsp3) is 0.353. The van der Waals surface area contributed by atoms with Gasteiger partial charge >= 0.3 is 0 Å². The zero-order chi connectivity index (χ0) is 15.8. The third kappa shape index (κ3) is 4.77. The van der Waals surface area contributed by atoms with Gasteiger partial charge < -0.3 is 15.0 Å². The molecule has 2 aromatic rings. The van der Waals surface area contributed by atoms with Crippen molar-refractivity contribution < 1.29 is 4.74 Å². The summed E-state index contributed by atoms with van der Waals surface area (Å²) in [5.74, 6) is 1.79. The van der Waals surface area contributed by atoms with Crippen LogP contribution in [-0.2, 0) is 13.0 Å². The Morgan fingerprint density at radius 3 is 2.64 bits per heavy atom. The van der Waals surface area contributed by atoms with Crippen molar-refractivity contribution in [2.24, 2.45) is 4.99 Å². The van der Waals surface area contributed by atoms with Gasteiger partial charge in [-0.3, -0.25) is 4.99 Å². The molecule has 0 atom stereocenters. The number of benzene rings is 1. The highest BCUT2D eigenvalue weighted by Crippen LogP contribution is 2.12. The zero-order valence-corrected chi connectivity index (χ0v) is 14.2. The van der Waals surface area contributed by atoms with Gasteiger partial charge in [-0.05, 0) is 35.6 Å². The Labute approximate surface area is 136 Å². The molecule has 0 radical (unpaired) electrons. The summed E-state index contributed by atoms with van der Waals surface area (Å²) in [6, 6.07) is 12.4. The van der Waals surface area contributed by atoms with Gasteiger partial charge in [0.1, 0.15) is 5.75 Å². The summed E-state index contributed by atoms with van der Waals surface area (Å²) in [7, 11) is 5.54. The molecular weight excluding hydrogens is 294 g/mol. The van der Waals surface area contributed by atoms with E-state index in [2.05, 4.69) is 44.9 Å². The average molecular weight is 317 g/mol. The number of nitrogens with one attached hydrogen (secondary N) is 1. The minimum atomic E-state index is 0.808. The molecule has 0 amide bonds. The molecular formula is C17H23N3OS. The van der Waals surface area contributed by atoms with Crippen molar-refractivity contribution in [1.82, 2.24) is 10.2 Å². The zero-order valence-electron chi connectivity index (χ0n) is 13.4. The van der Waals surface area contributed by atoms with Gasteiger partial charge in [0, 0.05) is 32.1 Å². The van der Waals surface area contributed by atoms with E-state index in [1.807, 2.05) is 26.2 Å². The summed E-state index contributed by atoms with van der Waals surface area (Å²) in [5.41, 5.74) is 1.23. The standard InChI is InChI=1S/C17H23N3OS/c1-18-17(19-11-10-16-5-4-12-22-16)20(2)13-14-6-8-15(21-3)9-7-14/h4-9,12H,10-11,13H2,1-3H3,(H,18,19). The van der Waals surface area contributed by atoms with Crippen LogP contribution >= 0.6 is 11.3 Å². The molecule has 5 heteroatoms. The van der Waals surface area contributed by atoms with Crippen molar-refractivity contribution in [2.45, 2.75) is 13.0 Å². The maximum atomic E-state index is 5.18. The fourth-order valence-corrected chi connectivity index (χ4v) is 2.93. The van der Waals surface area contributed by atoms with E-state index in [-0.39, 0.29) is 0 Å². The number of ether oxygens (including phenoxy) is 1. The van der Waals surface area contributed by atoms with Crippen molar-refractivity contribution in [2.75, 3.05) is 27.7 Å². The molecule has 0 aliphatic carbocycles. The van der Waals surface area contributed by atoms with E-state index in [4.69, 9.17) is 4.74 Å². The second kappa shape index (κ2) is 8.44. The first-order chi connectivity index (χ1) is 10.7. The van der Waals surface area contributed by atoms with Crippen LogP contribution in [-0.4, -0.2) is 38.6 Å². The van der Waals surface area contributed by atoms with Crippen LogP contribution in [0.1, 0.15) is 10.4 Å². The number of methoxy groups -OCH3 is 1. The predicted molar refractivity (Wildman–Crippen MR) is 93.8 cm³/mol. The minimum absolute atomic E-state index is 0.808. The summed E-state index contributed by atoms with van der Waals surface area (Å²) in [6.45, 7) is 1.70. The smallest absolute Gasteiger partial charge is 0.193 e. The third-order valence-corrected chi connectivity index (χ3v) is 4.32. The lowest BCUT2D eigenvalue weighted by molar-refractivity contribution is 0.414. The molecule has 22 heavy (non-hydrogen) atoms. The maximum Gasteiger partial charge on any atom is 0.193 e. The molecule has 0 unspecified atom stereocenters. The van der Waals surface area contributed by atoms with Crippen LogP contribution in [0.3, 0.4) is 0 Å². The van der Waals surface area contributed by atoms with Crippen LogP contribution < -0.4 is 10.1 Å². The number of rotatable bonds is 6. The summed E-state index contributed by atoms with van der Waals surface area (Å²) < 4.78 is 5.18. The number of hydrogen-bond acceptors (Lipinski definition) is 3. The van der Waals surface area contributed by atoms with Crippen LogP contribution in [0.25, 0.3) is 0 Å². The lowest BCUT2D eigenvalue weighted by Crippen LogP contribution is -2.39. The fourth-order valence-electron chi connectivity index (χ4n) is 2.22. The van der Waals surface area contributed by atoms with E-state index in [9.17, 15) is 0 Å². The molecule has 2 rings (SSSR count). The van der Waals surface area contributed by atoms with E-state index < -0.39 is 0 Å². The Bertz CT molecular complexity index is 578. The Kier molecular flexibility index (Phi) is 6.27. The van der Waals surface area contributed by atoms with Gasteiger partial charge in [0.25, 0.3) is 0 Å². The van der Waals surface area contributed by atoms with Crippen molar-refractivity contribution in [3.8, 4) is 5.75 Å². The molecule has 118 valence electrons. The molecule has 0 fully saturated rings. The molecule has 0 aliphatic rings. The van der Waals surface area contributed by atoms with Gasteiger partial charge in [0.05, 0.1) is 7.11 Å². The van der Waals surface area contributed by atoms with Gasteiger partial charge in [0.15, 0.2) is 5.96 Å². The molecule has 0 saturated heterocycles. The first-order valence-electron chi connectivity index (χ1n) is 7.30. The highest BCUT2D eigenvalue weighted by molar-refractivity contribution is 7.09. The SMILES string of the molecule is CN=C(NCCc1cccs1)N(C)Cc1ccc(OC)cc1.